The first-order chi connectivity index (χ1) is 9.86. The van der Waals surface area contributed by atoms with E-state index < -0.39 is 17.9 Å². The number of likely N-dealkylation sites (N-methyl/N-ethyl adjacent to an activating group) is 1. The van der Waals surface area contributed by atoms with Gasteiger partial charge in [0.15, 0.2) is 0 Å². The molecule has 1 unspecified atom stereocenters. The lowest BCUT2D eigenvalue weighted by molar-refractivity contribution is -0.135. The number of nitrogens with two attached hydrogens (primary N) is 1. The highest BCUT2D eigenvalue weighted by atomic mass is 35.5. The fourth-order valence-corrected chi connectivity index (χ4v) is 2.12. The summed E-state index contributed by atoms with van der Waals surface area (Å²) in [5.74, 6) is -0.817. The fourth-order valence-electron chi connectivity index (χ4n) is 1.62. The van der Waals surface area contributed by atoms with E-state index in [1.54, 1.807) is 18.2 Å². The Labute approximate surface area is 133 Å². The van der Waals surface area contributed by atoms with Crippen molar-refractivity contribution in [1.29, 1.82) is 0 Å². The highest BCUT2D eigenvalue weighted by Gasteiger charge is 2.20. The van der Waals surface area contributed by atoms with Gasteiger partial charge >= 0.3 is 0 Å². The van der Waals surface area contributed by atoms with E-state index in [0.717, 1.165) is 0 Å². The average molecular weight is 334 g/mol. The number of rotatable bonds is 6. The van der Waals surface area contributed by atoms with Crippen LogP contribution in [-0.4, -0.2) is 50.1 Å². The zero-order valence-electron chi connectivity index (χ0n) is 11.7. The van der Waals surface area contributed by atoms with Crippen LogP contribution in [0.5, 0.6) is 0 Å². The Balaban J connectivity index is 2.63. The molecule has 0 saturated carbocycles. The molecule has 2 amide bonds. The van der Waals surface area contributed by atoms with Crippen LogP contribution in [0, 0.1) is 0 Å². The van der Waals surface area contributed by atoms with E-state index in [0.29, 0.717) is 15.7 Å². The standard InChI is InChI=1S/C13H17Cl2N3O3/c1-18(13(20)10(16)7-21-2)6-11(19)17-12-8(14)4-3-5-9(12)15/h3-5,10H,6-7,16H2,1-2H3,(H,17,19). The van der Waals surface area contributed by atoms with Crippen molar-refractivity contribution in [2.24, 2.45) is 5.73 Å². The van der Waals surface area contributed by atoms with Crippen molar-refractivity contribution in [3.05, 3.63) is 28.2 Å². The highest BCUT2D eigenvalue weighted by Crippen LogP contribution is 2.29. The van der Waals surface area contributed by atoms with Crippen LogP contribution in [0.2, 0.25) is 10.0 Å². The van der Waals surface area contributed by atoms with Crippen molar-refractivity contribution in [2.45, 2.75) is 6.04 Å². The van der Waals surface area contributed by atoms with E-state index in [1.165, 1.54) is 19.1 Å². The maximum atomic E-state index is 11.9. The van der Waals surface area contributed by atoms with E-state index in [9.17, 15) is 9.59 Å². The van der Waals surface area contributed by atoms with Gasteiger partial charge in [0.05, 0.1) is 28.9 Å². The number of hydrogen-bond donors (Lipinski definition) is 2. The first-order valence-corrected chi connectivity index (χ1v) is 6.85. The summed E-state index contributed by atoms with van der Waals surface area (Å²) < 4.78 is 4.80. The second kappa shape index (κ2) is 8.19. The first-order valence-electron chi connectivity index (χ1n) is 6.10. The number of para-hydroxylation sites is 1. The number of carbonyl (C=O) groups is 2. The monoisotopic (exact) mass is 333 g/mol. The third kappa shape index (κ3) is 5.17. The van der Waals surface area contributed by atoms with Crippen molar-refractivity contribution in [2.75, 3.05) is 32.6 Å². The molecule has 0 aromatic heterocycles. The van der Waals surface area contributed by atoms with Gasteiger partial charge < -0.3 is 20.7 Å². The molecule has 21 heavy (non-hydrogen) atoms. The number of methoxy groups -OCH3 is 1. The van der Waals surface area contributed by atoms with Crippen LogP contribution in [0.1, 0.15) is 0 Å². The van der Waals surface area contributed by atoms with Gasteiger partial charge in [-0.15, -0.1) is 0 Å². The molecule has 0 aliphatic carbocycles. The van der Waals surface area contributed by atoms with Gasteiger partial charge in [0.25, 0.3) is 0 Å². The van der Waals surface area contributed by atoms with Crippen molar-refractivity contribution >= 4 is 40.7 Å². The molecular formula is C13H17Cl2N3O3. The molecule has 0 saturated heterocycles. The number of benzene rings is 1. The number of anilines is 1. The Morgan fingerprint density at radius 2 is 1.95 bits per heavy atom. The second-order valence-electron chi connectivity index (χ2n) is 4.40. The fraction of sp³-hybridized carbons (Fsp3) is 0.385. The normalized spacial score (nSPS) is 11.9. The van der Waals surface area contributed by atoms with Crippen molar-refractivity contribution < 1.29 is 14.3 Å². The van der Waals surface area contributed by atoms with Gasteiger partial charge in [0, 0.05) is 14.2 Å². The minimum absolute atomic E-state index is 0.0845. The van der Waals surface area contributed by atoms with Crippen LogP contribution >= 0.6 is 23.2 Å². The SMILES string of the molecule is COCC(N)C(=O)N(C)CC(=O)Nc1c(Cl)cccc1Cl. The zero-order valence-corrected chi connectivity index (χ0v) is 13.2. The van der Waals surface area contributed by atoms with E-state index in [4.69, 9.17) is 33.7 Å². The smallest absolute Gasteiger partial charge is 0.244 e. The van der Waals surface area contributed by atoms with Gasteiger partial charge in [-0.1, -0.05) is 29.3 Å². The molecule has 6 nitrogen and oxygen atoms in total. The van der Waals surface area contributed by atoms with Crippen LogP contribution in [0.4, 0.5) is 5.69 Å². The largest absolute Gasteiger partial charge is 0.383 e. The molecule has 0 bridgehead atoms. The molecule has 1 atom stereocenters. The molecule has 1 aromatic rings. The first kappa shape index (κ1) is 17.7. The van der Waals surface area contributed by atoms with Crippen molar-refractivity contribution in [1.82, 2.24) is 4.90 Å². The number of ether oxygens (including phenoxy) is 1. The Bertz CT molecular complexity index is 505. The summed E-state index contributed by atoms with van der Waals surface area (Å²) in [5, 5.41) is 3.21. The molecule has 0 heterocycles. The lowest BCUT2D eigenvalue weighted by Crippen LogP contribution is -2.46. The maximum absolute atomic E-state index is 11.9. The molecule has 0 aliphatic heterocycles. The Kier molecular flexibility index (Phi) is 6.91. The van der Waals surface area contributed by atoms with Gasteiger partial charge in [-0.3, -0.25) is 9.59 Å². The van der Waals surface area contributed by atoms with E-state index >= 15 is 0 Å². The molecule has 0 spiro atoms. The molecule has 1 rings (SSSR count). The molecule has 8 heteroatoms. The van der Waals surface area contributed by atoms with Gasteiger partial charge in [-0.25, -0.2) is 0 Å². The molecule has 3 N–H and O–H groups in total. The summed E-state index contributed by atoms with van der Waals surface area (Å²) in [6, 6.07) is 4.06. The predicted octanol–water partition coefficient (Wildman–Crippen LogP) is 1.36. The summed E-state index contributed by atoms with van der Waals surface area (Å²) in [5.41, 5.74) is 5.93. The van der Waals surface area contributed by atoms with E-state index in [1.807, 2.05) is 0 Å². The Hall–Kier alpha value is -1.34. The van der Waals surface area contributed by atoms with Gasteiger partial charge in [0.2, 0.25) is 11.8 Å². The van der Waals surface area contributed by atoms with E-state index in [2.05, 4.69) is 5.32 Å². The second-order valence-corrected chi connectivity index (χ2v) is 5.22. The summed E-state index contributed by atoms with van der Waals surface area (Å²) in [7, 11) is 2.92. The Morgan fingerprint density at radius 3 is 2.48 bits per heavy atom. The average Bonchev–Trinajstić information content (AvgIpc) is 2.42. The molecule has 0 fully saturated rings. The lowest BCUT2D eigenvalue weighted by Gasteiger charge is -2.20. The third-order valence-corrected chi connectivity index (χ3v) is 3.28. The third-order valence-electron chi connectivity index (χ3n) is 2.65. The molecule has 116 valence electrons. The summed E-state index contributed by atoms with van der Waals surface area (Å²) >= 11 is 11.9. The quantitative estimate of drug-likeness (QED) is 0.823. The van der Waals surface area contributed by atoms with Crippen LogP contribution in [0.3, 0.4) is 0 Å². The van der Waals surface area contributed by atoms with Crippen molar-refractivity contribution in [3.63, 3.8) is 0 Å². The molecule has 0 aliphatic rings. The summed E-state index contributed by atoms with van der Waals surface area (Å²) in [4.78, 5) is 25.0. The maximum Gasteiger partial charge on any atom is 0.244 e. The van der Waals surface area contributed by atoms with Crippen LogP contribution < -0.4 is 11.1 Å². The molecule has 1 aromatic carbocycles. The summed E-state index contributed by atoms with van der Waals surface area (Å²) in [6.07, 6.45) is 0. The minimum Gasteiger partial charge on any atom is -0.383 e. The van der Waals surface area contributed by atoms with Gasteiger partial charge in [-0.05, 0) is 12.1 Å². The number of carbonyl (C=O) groups excluding carboxylic acids is 2. The predicted molar refractivity (Wildman–Crippen MR) is 82.6 cm³/mol. The summed E-state index contributed by atoms with van der Waals surface area (Å²) in [6.45, 7) is -0.0844. The number of hydrogen-bond acceptors (Lipinski definition) is 4. The molecular weight excluding hydrogens is 317 g/mol. The van der Waals surface area contributed by atoms with Crippen LogP contribution in [-0.2, 0) is 14.3 Å². The zero-order chi connectivity index (χ0) is 16.0. The topological polar surface area (TPSA) is 84.7 Å². The minimum atomic E-state index is -0.809. The van der Waals surface area contributed by atoms with Gasteiger partial charge in [-0.2, -0.15) is 0 Å². The van der Waals surface area contributed by atoms with E-state index in [-0.39, 0.29) is 13.2 Å². The number of nitrogens with one attached hydrogen (secondary N) is 1. The Morgan fingerprint density at radius 1 is 1.38 bits per heavy atom. The number of nitrogens with zero attached hydrogens (tertiary/aromatic N) is 1. The molecule has 0 radical (unpaired) electrons. The highest BCUT2D eigenvalue weighted by molar-refractivity contribution is 6.39. The van der Waals surface area contributed by atoms with Crippen LogP contribution in [0.15, 0.2) is 18.2 Å². The van der Waals surface area contributed by atoms with Gasteiger partial charge in [0.1, 0.15) is 6.04 Å². The van der Waals surface area contributed by atoms with Crippen molar-refractivity contribution in [3.8, 4) is 0 Å². The number of halogens is 2. The van der Waals surface area contributed by atoms with Crippen LogP contribution in [0.25, 0.3) is 0 Å². The number of amides is 2. The lowest BCUT2D eigenvalue weighted by atomic mass is 10.3.